The molecule has 4 heteroatoms. The van der Waals surface area contributed by atoms with Crippen LogP contribution in [0.3, 0.4) is 0 Å². The summed E-state index contributed by atoms with van der Waals surface area (Å²) in [6.45, 7) is 12.0. The standard InChI is InChI=1S/C13H23N3O/c1-6-14-11(13(3,4)5)9-16-12(17)8-7-10(2)15-16/h7-8,11,14H,6,9H2,1-5H3. The number of likely N-dealkylation sites (N-methyl/N-ethyl adjacent to an activating group) is 1. The number of hydrogen-bond donors (Lipinski definition) is 1. The van der Waals surface area contributed by atoms with E-state index in [4.69, 9.17) is 0 Å². The Bertz CT molecular complexity index is 417. The molecule has 96 valence electrons. The molecule has 1 aromatic heterocycles. The highest BCUT2D eigenvalue weighted by Gasteiger charge is 2.24. The molecule has 1 unspecified atom stereocenters. The first kappa shape index (κ1) is 13.9. The zero-order valence-electron chi connectivity index (χ0n) is 11.4. The monoisotopic (exact) mass is 237 g/mol. The Labute approximate surface area is 103 Å². The molecule has 1 heterocycles. The van der Waals surface area contributed by atoms with Gasteiger partial charge in [-0.05, 0) is 24.9 Å². The molecule has 0 bridgehead atoms. The molecule has 0 aliphatic heterocycles. The average Bonchev–Trinajstić information content (AvgIpc) is 2.21. The van der Waals surface area contributed by atoms with Crippen molar-refractivity contribution in [2.24, 2.45) is 5.41 Å². The zero-order valence-corrected chi connectivity index (χ0v) is 11.4. The van der Waals surface area contributed by atoms with Gasteiger partial charge in [0.25, 0.3) is 5.56 Å². The number of hydrogen-bond acceptors (Lipinski definition) is 3. The fourth-order valence-electron chi connectivity index (χ4n) is 1.75. The van der Waals surface area contributed by atoms with E-state index in [0.29, 0.717) is 6.54 Å². The van der Waals surface area contributed by atoms with Gasteiger partial charge in [-0.25, -0.2) is 4.68 Å². The Hall–Kier alpha value is -1.16. The molecule has 0 saturated carbocycles. The van der Waals surface area contributed by atoms with Crippen LogP contribution >= 0.6 is 0 Å². The minimum Gasteiger partial charge on any atom is -0.312 e. The molecular formula is C13H23N3O. The van der Waals surface area contributed by atoms with E-state index in [-0.39, 0.29) is 17.0 Å². The van der Waals surface area contributed by atoms with Gasteiger partial charge in [0.15, 0.2) is 0 Å². The van der Waals surface area contributed by atoms with Crippen molar-refractivity contribution in [3.05, 3.63) is 28.2 Å². The average molecular weight is 237 g/mol. The first-order valence-corrected chi connectivity index (χ1v) is 6.12. The Morgan fingerprint density at radius 3 is 2.59 bits per heavy atom. The fourth-order valence-corrected chi connectivity index (χ4v) is 1.75. The van der Waals surface area contributed by atoms with Gasteiger partial charge in [-0.3, -0.25) is 4.79 Å². The third-order valence-electron chi connectivity index (χ3n) is 2.85. The lowest BCUT2D eigenvalue weighted by molar-refractivity contribution is 0.235. The van der Waals surface area contributed by atoms with Crippen molar-refractivity contribution in [2.75, 3.05) is 6.54 Å². The number of nitrogens with one attached hydrogen (secondary N) is 1. The van der Waals surface area contributed by atoms with E-state index in [2.05, 4.69) is 38.1 Å². The summed E-state index contributed by atoms with van der Waals surface area (Å²) < 4.78 is 1.55. The number of nitrogens with zero attached hydrogens (tertiary/aromatic N) is 2. The van der Waals surface area contributed by atoms with Gasteiger partial charge in [-0.15, -0.1) is 0 Å². The second-order valence-electron chi connectivity index (χ2n) is 5.47. The Balaban J connectivity index is 2.93. The van der Waals surface area contributed by atoms with Gasteiger partial charge >= 0.3 is 0 Å². The predicted octanol–water partition coefficient (Wildman–Crippen LogP) is 1.58. The second-order valence-corrected chi connectivity index (χ2v) is 5.47. The van der Waals surface area contributed by atoms with Crippen LogP contribution in [0.4, 0.5) is 0 Å². The molecule has 0 fully saturated rings. The van der Waals surface area contributed by atoms with E-state index in [1.807, 2.05) is 6.92 Å². The van der Waals surface area contributed by atoms with Gasteiger partial charge in [0.1, 0.15) is 0 Å². The molecule has 1 aromatic rings. The summed E-state index contributed by atoms with van der Waals surface area (Å²) in [6.07, 6.45) is 0. The topological polar surface area (TPSA) is 46.9 Å². The maximum Gasteiger partial charge on any atom is 0.266 e. The molecule has 0 radical (unpaired) electrons. The van der Waals surface area contributed by atoms with Crippen LogP contribution in [0.15, 0.2) is 16.9 Å². The highest BCUT2D eigenvalue weighted by Crippen LogP contribution is 2.19. The molecule has 0 amide bonds. The molecular weight excluding hydrogens is 214 g/mol. The molecule has 0 saturated heterocycles. The van der Waals surface area contributed by atoms with Gasteiger partial charge in [0.2, 0.25) is 0 Å². The van der Waals surface area contributed by atoms with Crippen molar-refractivity contribution < 1.29 is 0 Å². The largest absolute Gasteiger partial charge is 0.312 e. The maximum atomic E-state index is 11.7. The lowest BCUT2D eigenvalue weighted by Crippen LogP contribution is -2.45. The number of aryl methyl sites for hydroxylation is 1. The van der Waals surface area contributed by atoms with Gasteiger partial charge in [0.05, 0.1) is 12.2 Å². The van der Waals surface area contributed by atoms with Crippen molar-refractivity contribution in [3.63, 3.8) is 0 Å². The van der Waals surface area contributed by atoms with Crippen LogP contribution < -0.4 is 10.9 Å². The van der Waals surface area contributed by atoms with Gasteiger partial charge < -0.3 is 5.32 Å². The Kier molecular flexibility index (Phi) is 4.46. The summed E-state index contributed by atoms with van der Waals surface area (Å²) in [6, 6.07) is 3.56. The summed E-state index contributed by atoms with van der Waals surface area (Å²) in [5.41, 5.74) is 0.928. The summed E-state index contributed by atoms with van der Waals surface area (Å²) in [5.74, 6) is 0. The third kappa shape index (κ3) is 3.97. The third-order valence-corrected chi connectivity index (χ3v) is 2.85. The number of aromatic nitrogens is 2. The lowest BCUT2D eigenvalue weighted by Gasteiger charge is -2.31. The molecule has 0 spiro atoms. The van der Waals surface area contributed by atoms with E-state index in [1.54, 1.807) is 16.8 Å². The fraction of sp³-hybridized carbons (Fsp3) is 0.692. The minimum absolute atomic E-state index is 0.0391. The Morgan fingerprint density at radius 1 is 1.41 bits per heavy atom. The zero-order chi connectivity index (χ0) is 13.1. The van der Waals surface area contributed by atoms with Crippen LogP contribution in [0.25, 0.3) is 0 Å². The SMILES string of the molecule is CCNC(Cn1nc(C)ccc1=O)C(C)(C)C. The van der Waals surface area contributed by atoms with Crippen LogP contribution in [0.2, 0.25) is 0 Å². The van der Waals surface area contributed by atoms with E-state index >= 15 is 0 Å². The summed E-state index contributed by atoms with van der Waals surface area (Å²) in [5, 5.41) is 7.69. The van der Waals surface area contributed by atoms with Crippen molar-refractivity contribution in [2.45, 2.75) is 47.2 Å². The van der Waals surface area contributed by atoms with E-state index in [9.17, 15) is 4.79 Å². The van der Waals surface area contributed by atoms with Gasteiger partial charge in [-0.2, -0.15) is 5.10 Å². The molecule has 1 atom stereocenters. The van der Waals surface area contributed by atoms with Crippen LogP contribution in [0, 0.1) is 12.3 Å². The summed E-state index contributed by atoms with van der Waals surface area (Å²) >= 11 is 0. The van der Waals surface area contributed by atoms with Crippen molar-refractivity contribution in [1.29, 1.82) is 0 Å². The van der Waals surface area contributed by atoms with E-state index in [0.717, 1.165) is 12.2 Å². The molecule has 17 heavy (non-hydrogen) atoms. The van der Waals surface area contributed by atoms with Crippen molar-refractivity contribution >= 4 is 0 Å². The normalized spacial score (nSPS) is 13.7. The predicted molar refractivity (Wildman–Crippen MR) is 70.2 cm³/mol. The molecule has 0 aromatic carbocycles. The van der Waals surface area contributed by atoms with Crippen LogP contribution in [-0.2, 0) is 6.54 Å². The first-order valence-electron chi connectivity index (χ1n) is 6.12. The molecule has 4 nitrogen and oxygen atoms in total. The highest BCUT2D eigenvalue weighted by molar-refractivity contribution is 4.97. The van der Waals surface area contributed by atoms with Crippen LogP contribution in [-0.4, -0.2) is 22.4 Å². The minimum atomic E-state index is -0.0391. The van der Waals surface area contributed by atoms with Crippen LogP contribution in [0.5, 0.6) is 0 Å². The van der Waals surface area contributed by atoms with Gasteiger partial charge in [-0.1, -0.05) is 27.7 Å². The molecule has 1 rings (SSSR count). The summed E-state index contributed by atoms with van der Waals surface area (Å²) in [7, 11) is 0. The second kappa shape index (κ2) is 5.45. The Morgan fingerprint density at radius 2 is 2.06 bits per heavy atom. The highest BCUT2D eigenvalue weighted by atomic mass is 16.1. The lowest BCUT2D eigenvalue weighted by atomic mass is 9.86. The quantitative estimate of drug-likeness (QED) is 0.864. The molecule has 0 aliphatic carbocycles. The summed E-state index contributed by atoms with van der Waals surface area (Å²) in [4.78, 5) is 11.7. The molecule has 1 N–H and O–H groups in total. The molecule has 0 aliphatic rings. The first-order chi connectivity index (χ1) is 7.84. The van der Waals surface area contributed by atoms with E-state index in [1.165, 1.54) is 0 Å². The van der Waals surface area contributed by atoms with Crippen molar-refractivity contribution in [3.8, 4) is 0 Å². The van der Waals surface area contributed by atoms with Crippen molar-refractivity contribution in [1.82, 2.24) is 15.1 Å². The maximum absolute atomic E-state index is 11.7. The smallest absolute Gasteiger partial charge is 0.266 e. The van der Waals surface area contributed by atoms with Gasteiger partial charge in [0, 0.05) is 12.1 Å². The van der Waals surface area contributed by atoms with Crippen LogP contribution in [0.1, 0.15) is 33.4 Å². The number of rotatable bonds is 4. The van der Waals surface area contributed by atoms with E-state index < -0.39 is 0 Å².